The lowest BCUT2D eigenvalue weighted by atomic mass is 9.95. The highest BCUT2D eigenvalue weighted by Gasteiger charge is 2.29. The molecule has 0 unspecified atom stereocenters. The minimum atomic E-state index is -0.328. The summed E-state index contributed by atoms with van der Waals surface area (Å²) >= 11 is 3.40. The van der Waals surface area contributed by atoms with Gasteiger partial charge in [-0.15, -0.1) is 0 Å². The fourth-order valence-corrected chi connectivity index (χ4v) is 4.58. The smallest absolute Gasteiger partial charge is 0.408 e. The van der Waals surface area contributed by atoms with Crippen LogP contribution in [0.25, 0.3) is 11.1 Å². The molecule has 2 aromatic rings. The largest absolute Gasteiger partial charge is 0.421 e. The second-order valence-electron chi connectivity index (χ2n) is 7.68. The van der Waals surface area contributed by atoms with E-state index < -0.39 is 0 Å². The molecule has 4 rings (SSSR count). The van der Waals surface area contributed by atoms with E-state index >= 15 is 0 Å². The molecule has 2 aliphatic rings. The van der Waals surface area contributed by atoms with E-state index in [0.717, 1.165) is 61.9 Å². The molecule has 0 saturated carbocycles. The Morgan fingerprint density at radius 3 is 2.48 bits per heavy atom. The molecule has 0 bridgehead atoms. The maximum absolute atomic E-state index is 12.8. The molecular formula is C20H26BrN3O3. The van der Waals surface area contributed by atoms with Gasteiger partial charge in [-0.1, -0.05) is 28.8 Å². The Labute approximate surface area is 167 Å². The molecule has 146 valence electrons. The minimum absolute atomic E-state index is 0.133. The van der Waals surface area contributed by atoms with Gasteiger partial charge in [0.2, 0.25) is 5.91 Å². The van der Waals surface area contributed by atoms with Crippen molar-refractivity contribution in [2.75, 3.05) is 26.2 Å². The molecule has 6 nitrogen and oxygen atoms in total. The molecule has 0 N–H and O–H groups in total. The van der Waals surface area contributed by atoms with E-state index in [4.69, 9.17) is 4.42 Å². The molecule has 0 radical (unpaired) electrons. The number of carbonyl (C=O) groups is 1. The van der Waals surface area contributed by atoms with Gasteiger partial charge in [-0.25, -0.2) is 4.79 Å². The summed E-state index contributed by atoms with van der Waals surface area (Å²) in [5.41, 5.74) is 1.41. The number of aromatic nitrogens is 1. The van der Waals surface area contributed by atoms with Crippen molar-refractivity contribution in [2.24, 2.45) is 5.92 Å². The minimum Gasteiger partial charge on any atom is -0.408 e. The summed E-state index contributed by atoms with van der Waals surface area (Å²) < 4.78 is 7.93. The number of oxazole rings is 1. The van der Waals surface area contributed by atoms with Gasteiger partial charge >= 0.3 is 5.76 Å². The van der Waals surface area contributed by atoms with Crippen LogP contribution in [0.15, 0.2) is 31.9 Å². The van der Waals surface area contributed by atoms with Crippen molar-refractivity contribution in [3.63, 3.8) is 0 Å². The molecule has 2 aliphatic heterocycles. The van der Waals surface area contributed by atoms with Crippen molar-refractivity contribution in [3.05, 3.63) is 33.2 Å². The highest BCUT2D eigenvalue weighted by atomic mass is 79.9. The highest BCUT2D eigenvalue weighted by molar-refractivity contribution is 9.10. The fourth-order valence-electron chi connectivity index (χ4n) is 4.24. The summed E-state index contributed by atoms with van der Waals surface area (Å²) in [6, 6.07) is 5.64. The SMILES string of the molecule is O=C(C1CCN(Cn2c(=O)oc3cc(Br)ccc32)CC1)N1CCCCCC1. The van der Waals surface area contributed by atoms with Crippen LogP contribution < -0.4 is 5.76 Å². The molecule has 1 aromatic carbocycles. The molecule has 3 heterocycles. The normalized spacial score (nSPS) is 20.1. The zero-order valence-corrected chi connectivity index (χ0v) is 17.1. The Morgan fingerprint density at radius 1 is 1.07 bits per heavy atom. The third kappa shape index (κ3) is 4.14. The number of rotatable bonds is 3. The lowest BCUT2D eigenvalue weighted by Gasteiger charge is -2.33. The van der Waals surface area contributed by atoms with E-state index in [1.165, 1.54) is 12.8 Å². The first-order chi connectivity index (χ1) is 13.1. The van der Waals surface area contributed by atoms with E-state index in [1.807, 2.05) is 18.2 Å². The second kappa shape index (κ2) is 8.19. The van der Waals surface area contributed by atoms with Crippen LogP contribution in [0.5, 0.6) is 0 Å². The average molecular weight is 436 g/mol. The van der Waals surface area contributed by atoms with Crippen LogP contribution in [0.4, 0.5) is 0 Å². The number of piperidine rings is 1. The van der Waals surface area contributed by atoms with E-state index in [2.05, 4.69) is 25.7 Å². The molecule has 0 spiro atoms. The van der Waals surface area contributed by atoms with Gasteiger partial charge in [0.25, 0.3) is 0 Å². The van der Waals surface area contributed by atoms with Crippen molar-refractivity contribution < 1.29 is 9.21 Å². The fraction of sp³-hybridized carbons (Fsp3) is 0.600. The number of hydrogen-bond donors (Lipinski definition) is 0. The predicted molar refractivity (Wildman–Crippen MR) is 108 cm³/mol. The number of benzene rings is 1. The zero-order chi connectivity index (χ0) is 18.8. The topological polar surface area (TPSA) is 58.7 Å². The van der Waals surface area contributed by atoms with Crippen LogP contribution >= 0.6 is 15.9 Å². The number of carbonyl (C=O) groups excluding carboxylic acids is 1. The summed E-state index contributed by atoms with van der Waals surface area (Å²) in [5, 5.41) is 0. The monoisotopic (exact) mass is 435 g/mol. The van der Waals surface area contributed by atoms with Gasteiger partial charge < -0.3 is 9.32 Å². The van der Waals surface area contributed by atoms with Gasteiger partial charge in [-0.3, -0.25) is 14.3 Å². The molecular weight excluding hydrogens is 410 g/mol. The van der Waals surface area contributed by atoms with Gasteiger partial charge in [0, 0.05) is 36.6 Å². The first-order valence-electron chi connectivity index (χ1n) is 9.92. The van der Waals surface area contributed by atoms with Crippen LogP contribution in [-0.2, 0) is 11.5 Å². The van der Waals surface area contributed by atoms with Crippen LogP contribution in [0, 0.1) is 5.92 Å². The van der Waals surface area contributed by atoms with Gasteiger partial charge in [0.1, 0.15) is 0 Å². The molecule has 0 aliphatic carbocycles. The van der Waals surface area contributed by atoms with Crippen LogP contribution in [0.1, 0.15) is 38.5 Å². The van der Waals surface area contributed by atoms with Crippen LogP contribution in [-0.4, -0.2) is 46.5 Å². The third-order valence-electron chi connectivity index (χ3n) is 5.83. The molecule has 1 aromatic heterocycles. The van der Waals surface area contributed by atoms with Crippen molar-refractivity contribution in [3.8, 4) is 0 Å². The number of hydrogen-bond acceptors (Lipinski definition) is 4. The molecule has 2 saturated heterocycles. The Balaban J connectivity index is 1.38. The van der Waals surface area contributed by atoms with Crippen molar-refractivity contribution in [2.45, 2.75) is 45.2 Å². The Hall–Kier alpha value is -1.60. The number of halogens is 1. The highest BCUT2D eigenvalue weighted by Crippen LogP contribution is 2.23. The second-order valence-corrected chi connectivity index (χ2v) is 8.60. The van der Waals surface area contributed by atoms with E-state index in [9.17, 15) is 9.59 Å². The predicted octanol–water partition coefficient (Wildman–Crippen LogP) is 3.43. The van der Waals surface area contributed by atoms with E-state index in [-0.39, 0.29) is 11.7 Å². The van der Waals surface area contributed by atoms with Crippen molar-refractivity contribution >= 4 is 32.9 Å². The molecule has 2 fully saturated rings. The van der Waals surface area contributed by atoms with E-state index in [0.29, 0.717) is 18.2 Å². The first kappa shape index (κ1) is 18.7. The number of fused-ring (bicyclic) bond motifs is 1. The van der Waals surface area contributed by atoms with Gasteiger partial charge in [-0.2, -0.15) is 0 Å². The lowest BCUT2D eigenvalue weighted by Crippen LogP contribution is -2.43. The van der Waals surface area contributed by atoms with Crippen molar-refractivity contribution in [1.82, 2.24) is 14.4 Å². The van der Waals surface area contributed by atoms with E-state index in [1.54, 1.807) is 4.57 Å². The molecule has 7 heteroatoms. The Kier molecular flexibility index (Phi) is 5.68. The zero-order valence-electron chi connectivity index (χ0n) is 15.5. The Bertz CT molecular complexity index is 859. The maximum atomic E-state index is 12.8. The summed E-state index contributed by atoms with van der Waals surface area (Å²) in [5.74, 6) is 0.145. The average Bonchev–Trinajstić information content (AvgIpc) is 2.85. The summed E-state index contributed by atoms with van der Waals surface area (Å²) in [4.78, 5) is 29.4. The standard InChI is InChI=1S/C20H26BrN3O3/c21-16-5-6-17-18(13-16)27-20(26)24(17)14-22-11-7-15(8-12-22)19(25)23-9-3-1-2-4-10-23/h5-6,13,15H,1-4,7-12,14H2. The molecule has 0 atom stereocenters. The third-order valence-corrected chi connectivity index (χ3v) is 6.32. The number of amides is 1. The summed E-state index contributed by atoms with van der Waals surface area (Å²) in [7, 11) is 0. The quantitative estimate of drug-likeness (QED) is 0.740. The number of likely N-dealkylation sites (tertiary alicyclic amines) is 2. The van der Waals surface area contributed by atoms with Gasteiger partial charge in [-0.05, 0) is 43.9 Å². The molecule has 27 heavy (non-hydrogen) atoms. The van der Waals surface area contributed by atoms with Gasteiger partial charge in [0.05, 0.1) is 12.2 Å². The first-order valence-corrected chi connectivity index (χ1v) is 10.7. The van der Waals surface area contributed by atoms with Crippen LogP contribution in [0.3, 0.4) is 0 Å². The Morgan fingerprint density at radius 2 is 1.78 bits per heavy atom. The summed E-state index contributed by atoms with van der Waals surface area (Å²) in [6.07, 6.45) is 6.49. The van der Waals surface area contributed by atoms with Gasteiger partial charge in [0.15, 0.2) is 5.58 Å². The van der Waals surface area contributed by atoms with Crippen LogP contribution in [0.2, 0.25) is 0 Å². The maximum Gasteiger partial charge on any atom is 0.421 e. The molecule has 1 amide bonds. The van der Waals surface area contributed by atoms with Crippen molar-refractivity contribution in [1.29, 1.82) is 0 Å². The lowest BCUT2D eigenvalue weighted by molar-refractivity contribution is -0.137. The number of nitrogens with zero attached hydrogens (tertiary/aromatic N) is 3. The summed E-state index contributed by atoms with van der Waals surface area (Å²) in [6.45, 7) is 4.02.